The number of nitrogens with one attached hydrogen (secondary N) is 2. The number of hydroxylamine groups is 1. The van der Waals surface area contributed by atoms with Crippen molar-refractivity contribution in [1.29, 1.82) is 0 Å². The number of aliphatic hydroxyl groups is 1. The maximum Gasteiger partial charge on any atom is 0.280 e. The molecule has 1 aliphatic rings. The van der Waals surface area contributed by atoms with E-state index >= 15 is 0 Å². The van der Waals surface area contributed by atoms with E-state index in [0.717, 1.165) is 0 Å². The van der Waals surface area contributed by atoms with E-state index in [1.165, 1.54) is 36.8 Å². The van der Waals surface area contributed by atoms with E-state index < -0.39 is 32.6 Å². The molecular formula is C19H26N2O6S. The first-order valence-corrected chi connectivity index (χ1v) is 10.5. The number of carbonyl (C=O) groups excluding carboxylic acids is 1. The molecule has 1 aliphatic carbocycles. The lowest BCUT2D eigenvalue weighted by molar-refractivity contribution is -0.135. The Bertz CT molecular complexity index is 835. The van der Waals surface area contributed by atoms with Crippen LogP contribution >= 0.6 is 0 Å². The summed E-state index contributed by atoms with van der Waals surface area (Å²) in [5.74, 6) is 4.22. The van der Waals surface area contributed by atoms with Gasteiger partial charge in [0, 0.05) is 5.92 Å². The average molecular weight is 410 g/mol. The Balaban J connectivity index is 2.42. The monoisotopic (exact) mass is 410 g/mol. The Hall–Kier alpha value is -2.12. The van der Waals surface area contributed by atoms with Crippen LogP contribution in [-0.4, -0.2) is 49.3 Å². The maximum atomic E-state index is 13.5. The van der Waals surface area contributed by atoms with Crippen molar-refractivity contribution in [2.45, 2.75) is 48.5 Å². The van der Waals surface area contributed by atoms with Crippen molar-refractivity contribution in [2.75, 3.05) is 13.7 Å². The zero-order chi connectivity index (χ0) is 20.8. The molecule has 0 bridgehead atoms. The summed E-state index contributed by atoms with van der Waals surface area (Å²) in [5, 5.41) is 21.7. The van der Waals surface area contributed by atoms with E-state index in [0.29, 0.717) is 31.4 Å². The van der Waals surface area contributed by atoms with Crippen molar-refractivity contribution in [3.63, 3.8) is 0 Å². The minimum Gasteiger partial charge on any atom is -0.481 e. The van der Waals surface area contributed by atoms with Crippen LogP contribution in [0.25, 0.3) is 0 Å². The van der Waals surface area contributed by atoms with Crippen molar-refractivity contribution in [2.24, 2.45) is 5.92 Å². The van der Waals surface area contributed by atoms with E-state index in [-0.39, 0.29) is 11.5 Å². The number of carbonyl (C=O) groups is 1. The SMILES string of the molecule is CC#CCOc1ccc(S(=O)(=O)[C@@](NC)(C(=O)NO)C2CCC(O)CC2)cc1. The molecule has 0 spiro atoms. The van der Waals surface area contributed by atoms with Crippen molar-refractivity contribution in [3.8, 4) is 17.6 Å². The number of ether oxygens (including phenoxy) is 1. The molecule has 154 valence electrons. The minimum absolute atomic E-state index is 0.0782. The first-order chi connectivity index (χ1) is 13.3. The quantitative estimate of drug-likeness (QED) is 0.298. The Kier molecular flexibility index (Phi) is 7.43. The molecule has 1 amide bonds. The topological polar surface area (TPSA) is 125 Å². The second-order valence-corrected chi connectivity index (χ2v) is 8.74. The van der Waals surface area contributed by atoms with Crippen LogP contribution in [0, 0.1) is 17.8 Å². The molecule has 0 saturated heterocycles. The lowest BCUT2D eigenvalue weighted by Crippen LogP contribution is -2.65. The van der Waals surface area contributed by atoms with E-state index in [9.17, 15) is 23.5 Å². The normalized spacial score (nSPS) is 21.7. The van der Waals surface area contributed by atoms with Crippen molar-refractivity contribution in [3.05, 3.63) is 24.3 Å². The lowest BCUT2D eigenvalue weighted by atomic mass is 9.81. The van der Waals surface area contributed by atoms with Crippen LogP contribution in [0.5, 0.6) is 5.75 Å². The summed E-state index contributed by atoms with van der Waals surface area (Å²) in [6, 6.07) is 5.70. The van der Waals surface area contributed by atoms with Gasteiger partial charge in [-0.1, -0.05) is 5.92 Å². The number of hydrogen-bond acceptors (Lipinski definition) is 7. The number of likely N-dealkylation sites (N-methyl/N-ethyl adjacent to an activating group) is 1. The van der Waals surface area contributed by atoms with Gasteiger partial charge in [-0.3, -0.25) is 15.3 Å². The van der Waals surface area contributed by atoms with Crippen molar-refractivity contribution < 1.29 is 28.3 Å². The van der Waals surface area contributed by atoms with Gasteiger partial charge in [-0.2, -0.15) is 0 Å². The predicted molar refractivity (Wildman–Crippen MR) is 102 cm³/mol. The number of aliphatic hydroxyl groups excluding tert-OH is 1. The molecule has 1 atom stereocenters. The largest absolute Gasteiger partial charge is 0.481 e. The third kappa shape index (κ3) is 4.15. The van der Waals surface area contributed by atoms with Crippen LogP contribution in [0.2, 0.25) is 0 Å². The van der Waals surface area contributed by atoms with Crippen LogP contribution in [0.1, 0.15) is 32.6 Å². The second-order valence-electron chi connectivity index (χ2n) is 6.62. The third-order valence-corrected chi connectivity index (χ3v) is 7.59. The standard InChI is InChI=1S/C19H26N2O6S/c1-3-4-13-27-16-9-11-17(12-10-16)28(25,26)19(20-2,18(23)21-24)14-5-7-15(22)8-6-14/h9-12,14-15,20,22,24H,5-8,13H2,1-2H3,(H,21,23)/t14?,15?,19-/m1/s1. The van der Waals surface area contributed by atoms with Crippen LogP contribution in [0.15, 0.2) is 29.2 Å². The van der Waals surface area contributed by atoms with Gasteiger partial charge >= 0.3 is 0 Å². The summed E-state index contributed by atoms with van der Waals surface area (Å²) < 4.78 is 32.3. The fraction of sp³-hybridized carbons (Fsp3) is 0.526. The van der Waals surface area contributed by atoms with Gasteiger partial charge in [0.05, 0.1) is 11.0 Å². The van der Waals surface area contributed by atoms with Gasteiger partial charge in [0.25, 0.3) is 5.91 Å². The fourth-order valence-electron chi connectivity index (χ4n) is 3.64. The Labute approximate surface area is 165 Å². The highest BCUT2D eigenvalue weighted by molar-refractivity contribution is 7.93. The van der Waals surface area contributed by atoms with Crippen LogP contribution in [0.3, 0.4) is 0 Å². The molecule has 4 N–H and O–H groups in total. The van der Waals surface area contributed by atoms with Crippen LogP contribution in [0.4, 0.5) is 0 Å². The van der Waals surface area contributed by atoms with Gasteiger partial charge in [-0.25, -0.2) is 13.9 Å². The molecule has 1 aromatic carbocycles. The number of sulfone groups is 1. The molecule has 0 heterocycles. The van der Waals surface area contributed by atoms with Gasteiger partial charge < -0.3 is 9.84 Å². The summed E-state index contributed by atoms with van der Waals surface area (Å²) in [5.41, 5.74) is 1.50. The molecule has 0 radical (unpaired) electrons. The average Bonchev–Trinajstić information content (AvgIpc) is 2.70. The Morgan fingerprint density at radius 2 is 1.86 bits per heavy atom. The van der Waals surface area contributed by atoms with E-state index in [1.54, 1.807) is 6.92 Å². The van der Waals surface area contributed by atoms with Gasteiger partial charge in [0.2, 0.25) is 14.7 Å². The molecule has 1 aromatic rings. The molecule has 2 rings (SSSR count). The van der Waals surface area contributed by atoms with Gasteiger partial charge in [0.15, 0.2) is 0 Å². The molecule has 0 unspecified atom stereocenters. The fourth-order valence-corrected chi connectivity index (χ4v) is 5.74. The zero-order valence-electron chi connectivity index (χ0n) is 15.9. The lowest BCUT2D eigenvalue weighted by Gasteiger charge is -2.40. The number of hydrogen-bond donors (Lipinski definition) is 4. The number of benzene rings is 1. The summed E-state index contributed by atoms with van der Waals surface area (Å²) in [6.07, 6.45) is 0.895. The van der Waals surface area contributed by atoms with E-state index in [4.69, 9.17) is 4.74 Å². The minimum atomic E-state index is -4.23. The molecule has 1 fully saturated rings. The zero-order valence-corrected chi connectivity index (χ0v) is 16.8. The first-order valence-electron chi connectivity index (χ1n) is 9.02. The molecule has 28 heavy (non-hydrogen) atoms. The predicted octanol–water partition coefficient (Wildman–Crippen LogP) is 0.835. The third-order valence-electron chi connectivity index (χ3n) is 5.13. The maximum absolute atomic E-state index is 13.5. The summed E-state index contributed by atoms with van der Waals surface area (Å²) in [7, 11) is -2.86. The molecule has 0 aliphatic heterocycles. The van der Waals surface area contributed by atoms with Gasteiger partial charge in [0.1, 0.15) is 12.4 Å². The highest BCUT2D eigenvalue weighted by atomic mass is 32.2. The van der Waals surface area contributed by atoms with Crippen molar-refractivity contribution in [1.82, 2.24) is 10.8 Å². The smallest absolute Gasteiger partial charge is 0.280 e. The van der Waals surface area contributed by atoms with E-state index in [2.05, 4.69) is 17.2 Å². The second kappa shape index (κ2) is 9.39. The summed E-state index contributed by atoms with van der Waals surface area (Å²) >= 11 is 0. The summed E-state index contributed by atoms with van der Waals surface area (Å²) in [4.78, 5) is 10.5. The van der Waals surface area contributed by atoms with Gasteiger partial charge in [-0.05, 0) is 63.9 Å². The molecule has 8 nitrogen and oxygen atoms in total. The first kappa shape index (κ1) is 22.2. The highest BCUT2D eigenvalue weighted by Gasteiger charge is 2.56. The molecular weight excluding hydrogens is 384 g/mol. The Morgan fingerprint density at radius 1 is 1.25 bits per heavy atom. The molecule has 9 heteroatoms. The van der Waals surface area contributed by atoms with Gasteiger partial charge in [-0.15, -0.1) is 5.92 Å². The van der Waals surface area contributed by atoms with E-state index in [1.807, 2.05) is 0 Å². The molecule has 1 saturated carbocycles. The number of amides is 1. The van der Waals surface area contributed by atoms with Crippen LogP contribution < -0.4 is 15.5 Å². The number of rotatable bonds is 7. The molecule has 0 aromatic heterocycles. The highest BCUT2D eigenvalue weighted by Crippen LogP contribution is 2.39. The van der Waals surface area contributed by atoms with Crippen LogP contribution in [-0.2, 0) is 14.6 Å². The Morgan fingerprint density at radius 3 is 2.36 bits per heavy atom. The summed E-state index contributed by atoms with van der Waals surface area (Å²) in [6.45, 7) is 1.87. The van der Waals surface area contributed by atoms with Crippen molar-refractivity contribution >= 4 is 15.7 Å².